The summed E-state index contributed by atoms with van der Waals surface area (Å²) in [6.45, 7) is -2.64. The molecule has 6 aliphatic rings. The molecule has 6 fully saturated rings. The third-order valence-corrected chi connectivity index (χ3v) is 12.8. The smallest absolute Gasteiger partial charge is 0.217 e. The molecule has 31 nitrogen and oxygen atoms in total. The van der Waals surface area contributed by atoms with Crippen LogP contribution in [0.1, 0.15) is 13.8 Å². The lowest BCUT2D eigenvalue weighted by atomic mass is 9.93. The van der Waals surface area contributed by atoms with Gasteiger partial charge in [0, 0.05) is 6.92 Å². The molecule has 0 radical (unpaired) electrons. The van der Waals surface area contributed by atoms with Gasteiger partial charge in [0.05, 0.1) is 39.1 Å². The van der Waals surface area contributed by atoms with E-state index in [1.807, 2.05) is 0 Å². The largest absolute Gasteiger partial charge is 0.394 e. The third-order valence-electron chi connectivity index (χ3n) is 12.8. The van der Waals surface area contributed by atoms with Crippen molar-refractivity contribution in [2.24, 2.45) is 0 Å². The Morgan fingerprint density at radius 3 is 1.25 bits per heavy atom. The van der Waals surface area contributed by atoms with Crippen LogP contribution in [0, 0.1) is 0 Å². The lowest BCUT2D eigenvalue weighted by molar-refractivity contribution is -0.397. The highest BCUT2D eigenvalue weighted by Crippen LogP contribution is 2.38. The van der Waals surface area contributed by atoms with Crippen molar-refractivity contribution >= 4 is 5.91 Å². The summed E-state index contributed by atoms with van der Waals surface area (Å²) >= 11 is 0. The molecule has 0 aromatic heterocycles. The molecular formula is C38H65NO30. The highest BCUT2D eigenvalue weighted by atomic mass is 16.8. The summed E-state index contributed by atoms with van der Waals surface area (Å²) in [5.74, 6) is -0.893. The molecule has 0 spiro atoms. The summed E-state index contributed by atoms with van der Waals surface area (Å²) in [6.07, 6.45) is -55.1. The first-order chi connectivity index (χ1) is 32.6. The molecule has 69 heavy (non-hydrogen) atoms. The average molecular weight is 1020 g/mol. The number of ether oxygens (including phenoxy) is 11. The quantitative estimate of drug-likeness (QED) is 0.0682. The van der Waals surface area contributed by atoms with Gasteiger partial charge < -0.3 is 149 Å². The second kappa shape index (κ2) is 24.1. The standard InChI is InChI=1S/C38H65NO30/c1-8-16(46)20(50)24(54)35(59-8)67-30-15(39-9(2)45)34(68-31-18(48)11(4-41)62-37(26(31)56)65-28-13(6-43)60-33(58)23(53)22(28)52)64-14(7-44)29(30)66-38-27(57)32(19(49)12(5-42)63-38)69-36-25(55)21(51)17(47)10(3-40)61-36/h8,10-38,40-44,46-58H,3-7H2,1-2H3,(H,39,45)/t8-,10+,11+,12+,13+,14+,15+,16+,17-,18-,19-,20+,21-,22+,23+,24-,25+,26+,27+,28+,29+,30+,31-,32-,33-,34-,35-,36+,37-,38-/m0/s1. The first-order valence-corrected chi connectivity index (χ1v) is 22.0. The molecule has 30 atom stereocenters. The maximum absolute atomic E-state index is 13.0. The molecule has 0 aromatic rings. The normalized spacial score (nSPS) is 52.1. The van der Waals surface area contributed by atoms with Crippen molar-refractivity contribution in [2.45, 2.75) is 198 Å². The van der Waals surface area contributed by atoms with Gasteiger partial charge in [0.2, 0.25) is 5.91 Å². The molecule has 0 bridgehead atoms. The molecule has 0 aromatic carbocycles. The van der Waals surface area contributed by atoms with Crippen LogP contribution < -0.4 is 5.32 Å². The molecule has 6 aliphatic heterocycles. The van der Waals surface area contributed by atoms with Crippen LogP contribution in [0.5, 0.6) is 0 Å². The van der Waals surface area contributed by atoms with Crippen LogP contribution in [-0.4, -0.2) is 315 Å². The van der Waals surface area contributed by atoms with Crippen LogP contribution in [-0.2, 0) is 56.9 Å². The van der Waals surface area contributed by atoms with E-state index < -0.39 is 223 Å². The van der Waals surface area contributed by atoms with Gasteiger partial charge in [-0.2, -0.15) is 0 Å². The van der Waals surface area contributed by atoms with E-state index in [9.17, 15) is 96.7 Å². The number of rotatable bonds is 16. The van der Waals surface area contributed by atoms with E-state index in [4.69, 9.17) is 52.1 Å². The minimum absolute atomic E-state index is 0.890. The molecule has 31 heteroatoms. The molecular weight excluding hydrogens is 950 g/mol. The topological polar surface area (TPSA) is 495 Å². The van der Waals surface area contributed by atoms with E-state index in [-0.39, 0.29) is 0 Å². The summed E-state index contributed by atoms with van der Waals surface area (Å²) < 4.78 is 63.1. The van der Waals surface area contributed by atoms with Crippen LogP contribution in [0.25, 0.3) is 0 Å². The van der Waals surface area contributed by atoms with Gasteiger partial charge in [-0.3, -0.25) is 4.79 Å². The van der Waals surface area contributed by atoms with Crippen molar-refractivity contribution in [3.05, 3.63) is 0 Å². The van der Waals surface area contributed by atoms with Crippen LogP contribution in [0.4, 0.5) is 0 Å². The molecule has 0 unspecified atom stereocenters. The predicted molar refractivity (Wildman–Crippen MR) is 209 cm³/mol. The minimum atomic E-state index is -2.21. The van der Waals surface area contributed by atoms with E-state index in [1.54, 1.807) is 0 Å². The maximum Gasteiger partial charge on any atom is 0.217 e. The predicted octanol–water partition coefficient (Wildman–Crippen LogP) is -12.9. The lowest BCUT2D eigenvalue weighted by Crippen LogP contribution is -2.71. The molecule has 19 N–H and O–H groups in total. The molecule has 6 rings (SSSR count). The number of carbonyl (C=O) groups excluding carboxylic acids is 1. The second-order valence-electron chi connectivity index (χ2n) is 17.5. The van der Waals surface area contributed by atoms with E-state index in [2.05, 4.69) is 5.32 Å². The zero-order valence-electron chi connectivity index (χ0n) is 36.8. The monoisotopic (exact) mass is 1020 g/mol. The fourth-order valence-electron chi connectivity index (χ4n) is 8.85. The van der Waals surface area contributed by atoms with Crippen molar-refractivity contribution in [3.8, 4) is 0 Å². The highest BCUT2D eigenvalue weighted by Gasteiger charge is 2.59. The second-order valence-corrected chi connectivity index (χ2v) is 17.5. The number of aliphatic hydroxyl groups is 18. The van der Waals surface area contributed by atoms with E-state index in [0.717, 1.165) is 6.92 Å². The van der Waals surface area contributed by atoms with Crippen LogP contribution in [0.15, 0.2) is 0 Å². The van der Waals surface area contributed by atoms with Gasteiger partial charge >= 0.3 is 0 Å². The van der Waals surface area contributed by atoms with Gasteiger partial charge in [-0.1, -0.05) is 0 Å². The van der Waals surface area contributed by atoms with Crippen molar-refractivity contribution in [3.63, 3.8) is 0 Å². The van der Waals surface area contributed by atoms with Crippen LogP contribution in [0.2, 0.25) is 0 Å². The fourth-order valence-corrected chi connectivity index (χ4v) is 8.85. The molecule has 1 amide bonds. The van der Waals surface area contributed by atoms with E-state index in [1.165, 1.54) is 6.92 Å². The molecule has 402 valence electrons. The van der Waals surface area contributed by atoms with Crippen LogP contribution in [0.3, 0.4) is 0 Å². The van der Waals surface area contributed by atoms with Gasteiger partial charge in [-0.15, -0.1) is 0 Å². The highest BCUT2D eigenvalue weighted by molar-refractivity contribution is 5.73. The fraction of sp³-hybridized carbons (Fsp3) is 0.974. The average Bonchev–Trinajstić information content (AvgIpc) is 3.32. The summed E-state index contributed by atoms with van der Waals surface area (Å²) in [5, 5.41) is 194. The molecule has 6 heterocycles. The SMILES string of the molecule is CC(=O)N[C@H]1[C@H](O[C@H]2[C@@H](O)[C@@H](CO)O[C@@H](O[C@H]3[C@H](O)[C@@H](O)[C@@H](O)O[C@@H]3CO)[C@@H]2O)O[C@H](CO)[C@@H](O[C@@H]2O[C@H](CO)[C@H](O)[C@H](O[C@H]3O[C@H](CO)[C@H](O)[C@H](O)[C@H]3O)[C@H]2O)[C@@H]1O[C@@H]1O[C@@H](C)[C@@H](O)[C@@H](O)[C@@H]1O. The van der Waals surface area contributed by atoms with E-state index in [0.29, 0.717) is 0 Å². The van der Waals surface area contributed by atoms with Crippen molar-refractivity contribution in [1.82, 2.24) is 5.32 Å². The van der Waals surface area contributed by atoms with Gasteiger partial charge in [0.1, 0.15) is 140 Å². The maximum atomic E-state index is 13.0. The third kappa shape index (κ3) is 11.8. The Labute approximate surface area is 390 Å². The molecule has 0 saturated carbocycles. The number of carbonyl (C=O) groups is 1. The van der Waals surface area contributed by atoms with Crippen molar-refractivity contribution < 1.29 is 149 Å². The Kier molecular flexibility index (Phi) is 19.8. The first kappa shape index (κ1) is 56.6. The lowest BCUT2D eigenvalue weighted by Gasteiger charge is -2.52. The summed E-state index contributed by atoms with van der Waals surface area (Å²) in [5.41, 5.74) is 0. The summed E-state index contributed by atoms with van der Waals surface area (Å²) in [7, 11) is 0. The zero-order valence-corrected chi connectivity index (χ0v) is 36.8. The minimum Gasteiger partial charge on any atom is -0.394 e. The number of aliphatic hydroxyl groups excluding tert-OH is 18. The van der Waals surface area contributed by atoms with Gasteiger partial charge in [-0.05, 0) is 6.92 Å². The van der Waals surface area contributed by atoms with Gasteiger partial charge in [-0.25, -0.2) is 0 Å². The van der Waals surface area contributed by atoms with E-state index >= 15 is 0 Å². The molecule has 0 aliphatic carbocycles. The summed E-state index contributed by atoms with van der Waals surface area (Å²) in [6, 6.07) is -1.84. The van der Waals surface area contributed by atoms with Gasteiger partial charge in [0.25, 0.3) is 0 Å². The Morgan fingerprint density at radius 1 is 0.377 bits per heavy atom. The molecule has 6 saturated heterocycles. The number of hydrogen-bond donors (Lipinski definition) is 19. The zero-order chi connectivity index (χ0) is 50.9. The number of nitrogens with one attached hydrogen (secondary N) is 1. The van der Waals surface area contributed by atoms with Gasteiger partial charge in [0.15, 0.2) is 37.7 Å². The Hall–Kier alpha value is -1.69. The summed E-state index contributed by atoms with van der Waals surface area (Å²) in [4.78, 5) is 13.0. The first-order valence-electron chi connectivity index (χ1n) is 22.0. The number of amides is 1. The van der Waals surface area contributed by atoms with Crippen molar-refractivity contribution in [1.29, 1.82) is 0 Å². The van der Waals surface area contributed by atoms with Crippen molar-refractivity contribution in [2.75, 3.05) is 33.0 Å². The Bertz CT molecular complexity index is 1610. The Morgan fingerprint density at radius 2 is 0.754 bits per heavy atom. The Balaban J connectivity index is 1.34. The van der Waals surface area contributed by atoms with Crippen LogP contribution >= 0.6 is 0 Å². The number of hydrogen-bond acceptors (Lipinski definition) is 30.